The molecule has 98 valence electrons. The highest BCUT2D eigenvalue weighted by atomic mass is 79.9. The van der Waals surface area contributed by atoms with Gasteiger partial charge < -0.3 is 4.74 Å². The largest absolute Gasteiger partial charge is 0.465 e. The standard InChI is InChI=1S/C14H10BrClO2S/c1-18-14(17)12-8-11(6-7-13(12)15)19-10-4-2-9(16)3-5-10/h2-8H,1H3. The lowest BCUT2D eigenvalue weighted by molar-refractivity contribution is 0.0599. The molecule has 0 spiro atoms. The average Bonchev–Trinajstić information content (AvgIpc) is 2.42. The van der Waals surface area contributed by atoms with Crippen molar-refractivity contribution < 1.29 is 9.53 Å². The third kappa shape index (κ3) is 3.75. The van der Waals surface area contributed by atoms with E-state index in [4.69, 9.17) is 16.3 Å². The SMILES string of the molecule is COC(=O)c1cc(Sc2ccc(Cl)cc2)ccc1Br. The number of carbonyl (C=O) groups is 1. The van der Waals surface area contributed by atoms with Gasteiger partial charge in [0.1, 0.15) is 0 Å². The first-order valence-electron chi connectivity index (χ1n) is 5.41. The van der Waals surface area contributed by atoms with Gasteiger partial charge in [0.2, 0.25) is 0 Å². The number of hydrogen-bond acceptors (Lipinski definition) is 3. The van der Waals surface area contributed by atoms with Crippen molar-refractivity contribution >= 4 is 45.3 Å². The molecule has 0 N–H and O–H groups in total. The van der Waals surface area contributed by atoms with Gasteiger partial charge in [-0.05, 0) is 58.4 Å². The number of halogens is 2. The lowest BCUT2D eigenvalue weighted by Gasteiger charge is -2.06. The first-order chi connectivity index (χ1) is 9.10. The van der Waals surface area contributed by atoms with Crippen LogP contribution in [-0.4, -0.2) is 13.1 Å². The minimum Gasteiger partial charge on any atom is -0.465 e. The van der Waals surface area contributed by atoms with E-state index < -0.39 is 0 Å². The van der Waals surface area contributed by atoms with Crippen LogP contribution < -0.4 is 0 Å². The summed E-state index contributed by atoms with van der Waals surface area (Å²) in [7, 11) is 1.37. The molecule has 0 unspecified atom stereocenters. The fraction of sp³-hybridized carbons (Fsp3) is 0.0714. The topological polar surface area (TPSA) is 26.3 Å². The quantitative estimate of drug-likeness (QED) is 0.720. The van der Waals surface area contributed by atoms with Gasteiger partial charge >= 0.3 is 5.97 Å². The summed E-state index contributed by atoms with van der Waals surface area (Å²) < 4.78 is 5.46. The molecule has 0 amide bonds. The maximum Gasteiger partial charge on any atom is 0.339 e. The molecule has 5 heteroatoms. The molecule has 0 aliphatic carbocycles. The second-order valence-electron chi connectivity index (χ2n) is 3.69. The maximum absolute atomic E-state index is 11.6. The minimum absolute atomic E-state index is 0.356. The summed E-state index contributed by atoms with van der Waals surface area (Å²) in [4.78, 5) is 13.6. The van der Waals surface area contributed by atoms with Crippen LogP contribution in [0.25, 0.3) is 0 Å². The number of rotatable bonds is 3. The molecule has 0 aliphatic heterocycles. The number of esters is 1. The predicted molar refractivity (Wildman–Crippen MR) is 81.1 cm³/mol. The van der Waals surface area contributed by atoms with Gasteiger partial charge in [-0.3, -0.25) is 0 Å². The van der Waals surface area contributed by atoms with E-state index >= 15 is 0 Å². The highest BCUT2D eigenvalue weighted by Crippen LogP contribution is 2.31. The van der Waals surface area contributed by atoms with Crippen molar-refractivity contribution in [3.05, 3.63) is 57.5 Å². The zero-order valence-corrected chi connectivity index (χ0v) is 13.2. The van der Waals surface area contributed by atoms with Crippen LogP contribution in [-0.2, 0) is 4.74 Å². The van der Waals surface area contributed by atoms with E-state index in [1.54, 1.807) is 17.8 Å². The summed E-state index contributed by atoms with van der Waals surface area (Å²) in [6.45, 7) is 0. The van der Waals surface area contributed by atoms with Gasteiger partial charge in [-0.15, -0.1) is 0 Å². The van der Waals surface area contributed by atoms with Gasteiger partial charge in [-0.2, -0.15) is 0 Å². The van der Waals surface area contributed by atoms with Crippen LogP contribution in [0.2, 0.25) is 5.02 Å². The molecule has 0 atom stereocenters. The summed E-state index contributed by atoms with van der Waals surface area (Å²) in [5.41, 5.74) is 0.515. The van der Waals surface area contributed by atoms with Crippen molar-refractivity contribution in [2.24, 2.45) is 0 Å². The molecule has 2 rings (SSSR count). The highest BCUT2D eigenvalue weighted by molar-refractivity contribution is 9.10. The van der Waals surface area contributed by atoms with Crippen molar-refractivity contribution in [1.29, 1.82) is 0 Å². The van der Waals surface area contributed by atoms with Gasteiger partial charge in [0, 0.05) is 19.3 Å². The maximum atomic E-state index is 11.6. The lowest BCUT2D eigenvalue weighted by atomic mass is 10.2. The lowest BCUT2D eigenvalue weighted by Crippen LogP contribution is -2.02. The number of hydrogen-bond donors (Lipinski definition) is 0. The van der Waals surface area contributed by atoms with E-state index in [1.165, 1.54) is 7.11 Å². The van der Waals surface area contributed by atoms with Crippen molar-refractivity contribution in [3.8, 4) is 0 Å². The summed E-state index contributed by atoms with van der Waals surface area (Å²) in [5.74, 6) is -0.356. The van der Waals surface area contributed by atoms with Crippen molar-refractivity contribution in [1.82, 2.24) is 0 Å². The molecule has 0 radical (unpaired) electrons. The van der Waals surface area contributed by atoms with Crippen LogP contribution in [0, 0.1) is 0 Å². The van der Waals surface area contributed by atoms with Gasteiger partial charge in [-0.1, -0.05) is 23.4 Å². The number of ether oxygens (including phenoxy) is 1. The second kappa shape index (κ2) is 6.46. The molecule has 0 saturated heterocycles. The Morgan fingerprint density at radius 2 is 1.79 bits per heavy atom. The van der Waals surface area contributed by atoms with Crippen LogP contribution in [0.1, 0.15) is 10.4 Å². The van der Waals surface area contributed by atoms with Crippen LogP contribution in [0.5, 0.6) is 0 Å². The van der Waals surface area contributed by atoms with Gasteiger partial charge in [0.15, 0.2) is 0 Å². The number of carbonyl (C=O) groups excluding carboxylic acids is 1. The molecule has 2 aromatic carbocycles. The normalized spacial score (nSPS) is 10.3. The molecular weight excluding hydrogens is 348 g/mol. The van der Waals surface area contributed by atoms with E-state index in [0.717, 1.165) is 14.3 Å². The molecular formula is C14H10BrClO2S. The van der Waals surface area contributed by atoms with E-state index in [1.807, 2.05) is 36.4 Å². The van der Waals surface area contributed by atoms with Crippen LogP contribution in [0.3, 0.4) is 0 Å². The Kier molecular flexibility index (Phi) is 4.91. The summed E-state index contributed by atoms with van der Waals surface area (Å²) in [6, 6.07) is 13.1. The molecule has 2 nitrogen and oxygen atoms in total. The molecule has 19 heavy (non-hydrogen) atoms. The fourth-order valence-electron chi connectivity index (χ4n) is 1.47. The monoisotopic (exact) mass is 356 g/mol. The fourth-order valence-corrected chi connectivity index (χ4v) is 2.86. The van der Waals surface area contributed by atoms with Crippen LogP contribution in [0.15, 0.2) is 56.7 Å². The Morgan fingerprint density at radius 3 is 2.42 bits per heavy atom. The number of methoxy groups -OCH3 is 1. The smallest absolute Gasteiger partial charge is 0.339 e. The minimum atomic E-state index is -0.356. The van der Waals surface area contributed by atoms with Crippen molar-refractivity contribution in [3.63, 3.8) is 0 Å². The highest BCUT2D eigenvalue weighted by Gasteiger charge is 2.11. The van der Waals surface area contributed by atoms with Crippen LogP contribution in [0.4, 0.5) is 0 Å². The molecule has 0 fully saturated rings. The van der Waals surface area contributed by atoms with E-state index in [2.05, 4.69) is 15.9 Å². The first kappa shape index (κ1) is 14.4. The molecule has 0 bridgehead atoms. The summed E-state index contributed by atoms with van der Waals surface area (Å²) in [6.07, 6.45) is 0. The number of benzene rings is 2. The Labute approximate surface area is 129 Å². The third-order valence-electron chi connectivity index (χ3n) is 2.39. The van der Waals surface area contributed by atoms with Gasteiger partial charge in [0.05, 0.1) is 12.7 Å². The molecule has 0 aliphatic rings. The van der Waals surface area contributed by atoms with Crippen molar-refractivity contribution in [2.75, 3.05) is 7.11 Å². The van der Waals surface area contributed by atoms with E-state index in [9.17, 15) is 4.79 Å². The molecule has 0 heterocycles. The average molecular weight is 358 g/mol. The predicted octanol–water partition coefficient (Wildman–Crippen LogP) is 5.04. The molecule has 0 saturated carbocycles. The Hall–Kier alpha value is -0.970. The third-order valence-corrected chi connectivity index (χ3v) is 4.33. The van der Waals surface area contributed by atoms with Gasteiger partial charge in [0.25, 0.3) is 0 Å². The zero-order valence-electron chi connectivity index (χ0n) is 10.0. The van der Waals surface area contributed by atoms with Gasteiger partial charge in [-0.25, -0.2) is 4.79 Å². The second-order valence-corrected chi connectivity index (χ2v) is 6.13. The Bertz CT molecular complexity index is 599. The molecule has 2 aromatic rings. The van der Waals surface area contributed by atoms with E-state index in [-0.39, 0.29) is 5.97 Å². The van der Waals surface area contributed by atoms with E-state index in [0.29, 0.717) is 10.6 Å². The molecule has 0 aromatic heterocycles. The van der Waals surface area contributed by atoms with Crippen molar-refractivity contribution in [2.45, 2.75) is 9.79 Å². The summed E-state index contributed by atoms with van der Waals surface area (Å²) >= 11 is 10.7. The zero-order chi connectivity index (χ0) is 13.8. The summed E-state index contributed by atoms with van der Waals surface area (Å²) in [5, 5.41) is 0.704. The Morgan fingerprint density at radius 1 is 1.16 bits per heavy atom. The Balaban J connectivity index is 2.26. The first-order valence-corrected chi connectivity index (χ1v) is 7.40. The van der Waals surface area contributed by atoms with Crippen LogP contribution >= 0.6 is 39.3 Å².